The third-order valence-electron chi connectivity index (χ3n) is 5.01. The average molecular weight is 343 g/mol. The molecule has 24 heavy (non-hydrogen) atoms. The summed E-state index contributed by atoms with van der Waals surface area (Å²) in [5.41, 5.74) is 0. The monoisotopic (exact) mass is 342 g/mol. The molecule has 146 valence electrons. The fourth-order valence-electron chi connectivity index (χ4n) is 3.35. The van der Waals surface area contributed by atoms with Gasteiger partial charge < -0.3 is 10.2 Å². The Bertz CT molecular complexity index is 228. The van der Waals surface area contributed by atoms with Crippen molar-refractivity contribution >= 4 is 0 Å². The summed E-state index contributed by atoms with van der Waals surface area (Å²) in [5, 5.41) is 18.4. The summed E-state index contributed by atoms with van der Waals surface area (Å²) in [5.74, 6) is 0.876. The fraction of sp³-hybridized carbons (Fsp3) is 1.00. The van der Waals surface area contributed by atoms with Gasteiger partial charge in [-0.2, -0.15) is 0 Å². The standard InChI is InChI=1S/C22H46O2/c1-21(2)17-14-12-10-8-6-4-3-5-7-9-11-13-15-18-22(24)19-16-20-23/h21-24H,3-20H2,1-2H3. The van der Waals surface area contributed by atoms with E-state index in [9.17, 15) is 5.11 Å². The van der Waals surface area contributed by atoms with Crippen molar-refractivity contribution in [1.82, 2.24) is 0 Å². The van der Waals surface area contributed by atoms with E-state index >= 15 is 0 Å². The zero-order chi connectivity index (χ0) is 17.9. The van der Waals surface area contributed by atoms with E-state index in [4.69, 9.17) is 5.11 Å². The van der Waals surface area contributed by atoms with Gasteiger partial charge in [0.15, 0.2) is 0 Å². The third-order valence-corrected chi connectivity index (χ3v) is 5.01. The molecule has 2 heteroatoms. The topological polar surface area (TPSA) is 40.5 Å². The van der Waals surface area contributed by atoms with E-state index in [1.807, 2.05) is 0 Å². The largest absolute Gasteiger partial charge is 0.396 e. The molecule has 0 rings (SSSR count). The molecule has 0 spiro atoms. The van der Waals surface area contributed by atoms with Crippen LogP contribution in [0.3, 0.4) is 0 Å². The molecule has 0 aliphatic carbocycles. The lowest BCUT2D eigenvalue weighted by Crippen LogP contribution is -2.06. The van der Waals surface area contributed by atoms with Gasteiger partial charge in [0.2, 0.25) is 0 Å². The van der Waals surface area contributed by atoms with Crippen molar-refractivity contribution in [3.63, 3.8) is 0 Å². The lowest BCUT2D eigenvalue weighted by atomic mass is 10.0. The molecule has 0 aromatic carbocycles. The van der Waals surface area contributed by atoms with Gasteiger partial charge in [0, 0.05) is 6.61 Å². The first-order valence-electron chi connectivity index (χ1n) is 11.0. The molecule has 0 aromatic rings. The predicted molar refractivity (Wildman–Crippen MR) is 106 cm³/mol. The molecule has 2 nitrogen and oxygen atoms in total. The first kappa shape index (κ1) is 23.9. The molecule has 2 N–H and O–H groups in total. The fourth-order valence-corrected chi connectivity index (χ4v) is 3.35. The molecule has 0 aromatic heterocycles. The predicted octanol–water partition coefficient (Wildman–Crippen LogP) is 6.63. The summed E-state index contributed by atoms with van der Waals surface area (Å²) in [6, 6.07) is 0. The Hall–Kier alpha value is -0.0800. The average Bonchev–Trinajstić information content (AvgIpc) is 2.56. The van der Waals surface area contributed by atoms with Crippen molar-refractivity contribution in [2.75, 3.05) is 6.61 Å². The summed E-state index contributed by atoms with van der Waals surface area (Å²) >= 11 is 0. The van der Waals surface area contributed by atoms with Gasteiger partial charge in [0.05, 0.1) is 6.10 Å². The molecular weight excluding hydrogens is 296 g/mol. The lowest BCUT2D eigenvalue weighted by molar-refractivity contribution is 0.137. The van der Waals surface area contributed by atoms with Crippen LogP contribution in [0.5, 0.6) is 0 Å². The van der Waals surface area contributed by atoms with Crippen LogP contribution in [0.15, 0.2) is 0 Å². The first-order valence-corrected chi connectivity index (χ1v) is 11.0. The summed E-state index contributed by atoms with van der Waals surface area (Å²) in [4.78, 5) is 0. The highest BCUT2D eigenvalue weighted by atomic mass is 16.3. The van der Waals surface area contributed by atoms with Gasteiger partial charge in [-0.3, -0.25) is 0 Å². The molecular formula is C22H46O2. The molecule has 0 heterocycles. The molecule has 0 bridgehead atoms. The Morgan fingerprint density at radius 1 is 0.500 bits per heavy atom. The van der Waals surface area contributed by atoms with E-state index in [2.05, 4.69) is 13.8 Å². The van der Waals surface area contributed by atoms with E-state index in [0.29, 0.717) is 0 Å². The van der Waals surface area contributed by atoms with Crippen molar-refractivity contribution < 1.29 is 10.2 Å². The molecule has 0 radical (unpaired) electrons. The zero-order valence-corrected chi connectivity index (χ0v) is 16.8. The van der Waals surface area contributed by atoms with Crippen LogP contribution in [0.2, 0.25) is 0 Å². The molecule has 0 aliphatic heterocycles. The van der Waals surface area contributed by atoms with Crippen LogP contribution in [-0.4, -0.2) is 22.9 Å². The minimum Gasteiger partial charge on any atom is -0.396 e. The maximum Gasteiger partial charge on any atom is 0.0541 e. The summed E-state index contributed by atoms with van der Waals surface area (Å²) in [6.07, 6.45) is 21.5. The molecule has 0 saturated carbocycles. The number of rotatable bonds is 19. The van der Waals surface area contributed by atoms with Crippen molar-refractivity contribution in [2.45, 2.75) is 129 Å². The highest BCUT2D eigenvalue weighted by Gasteiger charge is 2.02. The summed E-state index contributed by atoms with van der Waals surface area (Å²) < 4.78 is 0. The van der Waals surface area contributed by atoms with Gasteiger partial charge in [-0.25, -0.2) is 0 Å². The molecule has 0 fully saturated rings. The zero-order valence-electron chi connectivity index (χ0n) is 16.8. The second-order valence-corrected chi connectivity index (χ2v) is 8.09. The highest BCUT2D eigenvalue weighted by Crippen LogP contribution is 2.15. The van der Waals surface area contributed by atoms with Gasteiger partial charge in [-0.15, -0.1) is 0 Å². The number of aliphatic hydroxyl groups is 2. The quantitative estimate of drug-likeness (QED) is 0.259. The third kappa shape index (κ3) is 20.0. The molecule has 0 amide bonds. The SMILES string of the molecule is CC(C)CCCCCCCCCCCCCCCC(O)CCCO. The summed E-state index contributed by atoms with van der Waals surface area (Å²) in [7, 11) is 0. The van der Waals surface area contributed by atoms with E-state index in [1.165, 1.54) is 83.5 Å². The second-order valence-electron chi connectivity index (χ2n) is 8.09. The van der Waals surface area contributed by atoms with E-state index in [0.717, 1.165) is 31.6 Å². The van der Waals surface area contributed by atoms with E-state index < -0.39 is 0 Å². The van der Waals surface area contributed by atoms with Crippen molar-refractivity contribution in [3.05, 3.63) is 0 Å². The number of unbranched alkanes of at least 4 members (excludes halogenated alkanes) is 12. The number of hydrogen-bond acceptors (Lipinski definition) is 2. The van der Waals surface area contributed by atoms with Crippen LogP contribution >= 0.6 is 0 Å². The molecule has 1 atom stereocenters. The normalized spacial score (nSPS) is 12.9. The van der Waals surface area contributed by atoms with Crippen LogP contribution in [-0.2, 0) is 0 Å². The van der Waals surface area contributed by atoms with E-state index in [-0.39, 0.29) is 12.7 Å². The maximum absolute atomic E-state index is 9.68. The van der Waals surface area contributed by atoms with Crippen molar-refractivity contribution in [2.24, 2.45) is 5.92 Å². The van der Waals surface area contributed by atoms with Gasteiger partial charge in [-0.1, -0.05) is 104 Å². The van der Waals surface area contributed by atoms with Crippen LogP contribution in [0.4, 0.5) is 0 Å². The van der Waals surface area contributed by atoms with Crippen LogP contribution in [0, 0.1) is 5.92 Å². The van der Waals surface area contributed by atoms with E-state index in [1.54, 1.807) is 0 Å². The van der Waals surface area contributed by atoms with Gasteiger partial charge >= 0.3 is 0 Å². The summed E-state index contributed by atoms with van der Waals surface area (Å²) in [6.45, 7) is 4.85. The first-order chi connectivity index (χ1) is 11.7. The van der Waals surface area contributed by atoms with Gasteiger partial charge in [0.25, 0.3) is 0 Å². The maximum atomic E-state index is 9.68. The number of hydrogen-bond donors (Lipinski definition) is 2. The second kappa shape index (κ2) is 19.2. The number of aliphatic hydroxyl groups excluding tert-OH is 2. The lowest BCUT2D eigenvalue weighted by Gasteiger charge is -2.09. The van der Waals surface area contributed by atoms with Crippen molar-refractivity contribution in [3.8, 4) is 0 Å². The smallest absolute Gasteiger partial charge is 0.0541 e. The van der Waals surface area contributed by atoms with Crippen LogP contribution in [0.25, 0.3) is 0 Å². The van der Waals surface area contributed by atoms with Crippen LogP contribution in [0.1, 0.15) is 123 Å². The Balaban J connectivity index is 3.05. The highest BCUT2D eigenvalue weighted by molar-refractivity contribution is 4.56. The molecule has 1 unspecified atom stereocenters. The Morgan fingerprint density at radius 2 is 0.833 bits per heavy atom. The Kier molecular flexibility index (Phi) is 19.2. The minimum atomic E-state index is -0.192. The van der Waals surface area contributed by atoms with Gasteiger partial charge in [0.1, 0.15) is 0 Å². The van der Waals surface area contributed by atoms with Crippen LogP contribution < -0.4 is 0 Å². The molecule has 0 aliphatic rings. The Labute approximate surface area is 152 Å². The molecule has 0 saturated heterocycles. The van der Waals surface area contributed by atoms with Gasteiger partial charge in [-0.05, 0) is 25.2 Å². The minimum absolute atomic E-state index is 0.192. The van der Waals surface area contributed by atoms with Crippen molar-refractivity contribution in [1.29, 1.82) is 0 Å². The Morgan fingerprint density at radius 3 is 1.21 bits per heavy atom.